The van der Waals surface area contributed by atoms with Crippen molar-refractivity contribution in [2.45, 2.75) is 18.4 Å². The van der Waals surface area contributed by atoms with Gasteiger partial charge in [-0.2, -0.15) is 4.31 Å². The van der Waals surface area contributed by atoms with E-state index in [1.165, 1.54) is 18.4 Å². The SMILES string of the molecule is Cc1ncsc1CN(C)S(=O)(=O)c1cc(N)c(F)cc1F. The lowest BCUT2D eigenvalue weighted by molar-refractivity contribution is 0.460. The number of aromatic nitrogens is 1. The summed E-state index contributed by atoms with van der Waals surface area (Å²) in [5.74, 6) is -2.16. The minimum Gasteiger partial charge on any atom is -0.396 e. The van der Waals surface area contributed by atoms with Crippen LogP contribution in [0.1, 0.15) is 10.6 Å². The fourth-order valence-electron chi connectivity index (χ4n) is 1.68. The average molecular weight is 333 g/mol. The number of sulfonamides is 1. The lowest BCUT2D eigenvalue weighted by atomic mass is 10.3. The molecule has 0 saturated heterocycles. The van der Waals surface area contributed by atoms with Gasteiger partial charge in [0.2, 0.25) is 10.0 Å². The van der Waals surface area contributed by atoms with E-state index in [2.05, 4.69) is 4.98 Å². The first-order valence-corrected chi connectivity index (χ1v) is 8.15. The molecule has 2 N–H and O–H groups in total. The number of hydrogen-bond donors (Lipinski definition) is 1. The van der Waals surface area contributed by atoms with Crippen LogP contribution in [0.5, 0.6) is 0 Å². The molecular weight excluding hydrogens is 320 g/mol. The third-order valence-corrected chi connectivity index (χ3v) is 5.69. The molecule has 0 amide bonds. The van der Waals surface area contributed by atoms with E-state index in [9.17, 15) is 17.2 Å². The number of anilines is 1. The zero-order valence-electron chi connectivity index (χ0n) is 11.3. The monoisotopic (exact) mass is 333 g/mol. The van der Waals surface area contributed by atoms with Gasteiger partial charge in [-0.3, -0.25) is 0 Å². The first kappa shape index (κ1) is 15.8. The van der Waals surface area contributed by atoms with Crippen LogP contribution in [0.15, 0.2) is 22.5 Å². The number of nitrogens with zero attached hydrogens (tertiary/aromatic N) is 2. The number of rotatable bonds is 4. The van der Waals surface area contributed by atoms with Crippen molar-refractivity contribution in [2.24, 2.45) is 0 Å². The Balaban J connectivity index is 2.38. The highest BCUT2D eigenvalue weighted by Gasteiger charge is 2.26. The Morgan fingerprint density at radius 2 is 2.00 bits per heavy atom. The van der Waals surface area contributed by atoms with Gasteiger partial charge in [0, 0.05) is 24.5 Å². The van der Waals surface area contributed by atoms with Gasteiger partial charge in [-0.1, -0.05) is 0 Å². The second kappa shape index (κ2) is 5.66. The Labute approximate surface area is 125 Å². The number of nitrogens with two attached hydrogens (primary N) is 1. The Hall–Kier alpha value is -1.58. The van der Waals surface area contributed by atoms with E-state index in [1.54, 1.807) is 12.4 Å². The summed E-state index contributed by atoms with van der Waals surface area (Å²) in [6.07, 6.45) is 0. The molecule has 0 bridgehead atoms. The highest BCUT2D eigenvalue weighted by molar-refractivity contribution is 7.89. The van der Waals surface area contributed by atoms with Crippen molar-refractivity contribution in [1.82, 2.24) is 9.29 Å². The van der Waals surface area contributed by atoms with Crippen LogP contribution in [0, 0.1) is 18.6 Å². The topological polar surface area (TPSA) is 76.3 Å². The van der Waals surface area contributed by atoms with Crippen molar-refractivity contribution in [1.29, 1.82) is 0 Å². The number of aryl methyl sites for hydroxylation is 1. The van der Waals surface area contributed by atoms with Crippen LogP contribution in [0.3, 0.4) is 0 Å². The smallest absolute Gasteiger partial charge is 0.246 e. The summed E-state index contributed by atoms with van der Waals surface area (Å²) >= 11 is 1.30. The van der Waals surface area contributed by atoms with Crippen molar-refractivity contribution in [3.63, 3.8) is 0 Å². The molecule has 1 aromatic heterocycles. The second-order valence-corrected chi connectivity index (χ2v) is 7.38. The van der Waals surface area contributed by atoms with Crippen molar-refractivity contribution in [3.8, 4) is 0 Å². The number of halogens is 2. The zero-order chi connectivity index (χ0) is 15.8. The minimum absolute atomic E-state index is 0.0511. The molecule has 0 aliphatic heterocycles. The Bertz CT molecular complexity index is 775. The molecule has 0 radical (unpaired) electrons. The van der Waals surface area contributed by atoms with E-state index in [0.29, 0.717) is 11.8 Å². The van der Waals surface area contributed by atoms with Crippen LogP contribution in [0.4, 0.5) is 14.5 Å². The number of benzene rings is 1. The van der Waals surface area contributed by atoms with Crippen molar-refractivity contribution >= 4 is 27.0 Å². The fraction of sp³-hybridized carbons (Fsp3) is 0.250. The summed E-state index contributed by atoms with van der Waals surface area (Å²) in [5.41, 5.74) is 7.20. The summed E-state index contributed by atoms with van der Waals surface area (Å²) in [5, 5.41) is 0. The Morgan fingerprint density at radius 1 is 1.33 bits per heavy atom. The number of hydrogen-bond acceptors (Lipinski definition) is 5. The van der Waals surface area contributed by atoms with Crippen LogP contribution in [0.2, 0.25) is 0 Å². The lowest BCUT2D eigenvalue weighted by Gasteiger charge is -2.17. The predicted molar refractivity (Wildman–Crippen MR) is 76.3 cm³/mol. The summed E-state index contributed by atoms with van der Waals surface area (Å²) in [6.45, 7) is 1.80. The van der Waals surface area contributed by atoms with E-state index in [0.717, 1.165) is 15.2 Å². The summed E-state index contributed by atoms with van der Waals surface area (Å²) in [4.78, 5) is 4.12. The maximum atomic E-state index is 13.7. The molecule has 0 unspecified atom stereocenters. The first-order valence-electron chi connectivity index (χ1n) is 5.83. The van der Waals surface area contributed by atoms with Gasteiger partial charge in [-0.15, -0.1) is 11.3 Å². The molecule has 0 aliphatic carbocycles. The molecule has 1 aromatic carbocycles. The van der Waals surface area contributed by atoms with Crippen LogP contribution in [-0.4, -0.2) is 24.8 Å². The van der Waals surface area contributed by atoms with Crippen molar-refractivity contribution < 1.29 is 17.2 Å². The molecular formula is C12H13F2N3O2S2. The van der Waals surface area contributed by atoms with E-state index in [-0.39, 0.29) is 6.54 Å². The summed E-state index contributed by atoms with van der Waals surface area (Å²) < 4.78 is 52.5. The highest BCUT2D eigenvalue weighted by Crippen LogP contribution is 2.25. The lowest BCUT2D eigenvalue weighted by Crippen LogP contribution is -2.27. The molecule has 2 aromatic rings. The standard InChI is InChI=1S/C12H13F2N3O2S2/c1-7-11(20-6-16-7)5-17(2)21(18,19)12-4-10(15)8(13)3-9(12)14/h3-4,6H,5,15H2,1-2H3. The van der Waals surface area contributed by atoms with Gasteiger partial charge in [0.1, 0.15) is 16.5 Å². The molecule has 0 spiro atoms. The average Bonchev–Trinajstić information content (AvgIpc) is 2.79. The van der Waals surface area contributed by atoms with Gasteiger partial charge in [-0.25, -0.2) is 22.2 Å². The minimum atomic E-state index is -4.11. The van der Waals surface area contributed by atoms with Crippen molar-refractivity contribution in [3.05, 3.63) is 39.8 Å². The molecule has 1 heterocycles. The normalized spacial score (nSPS) is 12.0. The van der Waals surface area contributed by atoms with E-state index >= 15 is 0 Å². The van der Waals surface area contributed by atoms with Crippen LogP contribution in [0.25, 0.3) is 0 Å². The van der Waals surface area contributed by atoms with Gasteiger partial charge >= 0.3 is 0 Å². The van der Waals surface area contributed by atoms with Gasteiger partial charge in [0.05, 0.1) is 16.9 Å². The van der Waals surface area contributed by atoms with Crippen LogP contribution >= 0.6 is 11.3 Å². The van der Waals surface area contributed by atoms with Gasteiger partial charge in [0.15, 0.2) is 0 Å². The molecule has 5 nitrogen and oxygen atoms in total. The van der Waals surface area contributed by atoms with E-state index < -0.39 is 32.2 Å². The second-order valence-electron chi connectivity index (χ2n) is 4.43. The Kier molecular flexibility index (Phi) is 4.26. The molecule has 0 fully saturated rings. The molecule has 0 atom stereocenters. The largest absolute Gasteiger partial charge is 0.396 e. The van der Waals surface area contributed by atoms with Crippen molar-refractivity contribution in [2.75, 3.05) is 12.8 Å². The molecule has 0 aliphatic rings. The Morgan fingerprint density at radius 3 is 2.57 bits per heavy atom. The number of thiazole rings is 1. The molecule has 2 rings (SSSR count). The third kappa shape index (κ3) is 3.04. The summed E-state index contributed by atoms with van der Waals surface area (Å²) in [6, 6.07) is 1.25. The molecule has 9 heteroatoms. The zero-order valence-corrected chi connectivity index (χ0v) is 12.9. The molecule has 21 heavy (non-hydrogen) atoms. The fourth-order valence-corrected chi connectivity index (χ4v) is 3.80. The highest BCUT2D eigenvalue weighted by atomic mass is 32.2. The van der Waals surface area contributed by atoms with E-state index in [1.807, 2.05) is 0 Å². The van der Waals surface area contributed by atoms with Crippen LogP contribution in [-0.2, 0) is 16.6 Å². The number of nitrogen functional groups attached to an aromatic ring is 1. The first-order chi connectivity index (χ1) is 9.73. The predicted octanol–water partition coefficient (Wildman–Crippen LogP) is 2.13. The van der Waals surface area contributed by atoms with Gasteiger partial charge in [0.25, 0.3) is 0 Å². The van der Waals surface area contributed by atoms with Gasteiger partial charge in [-0.05, 0) is 13.0 Å². The molecule has 0 saturated carbocycles. The van der Waals surface area contributed by atoms with E-state index in [4.69, 9.17) is 5.73 Å². The molecule has 114 valence electrons. The van der Waals surface area contributed by atoms with Crippen LogP contribution < -0.4 is 5.73 Å². The maximum absolute atomic E-state index is 13.7. The van der Waals surface area contributed by atoms with Gasteiger partial charge < -0.3 is 5.73 Å². The quantitative estimate of drug-likeness (QED) is 0.870. The third-order valence-electron chi connectivity index (χ3n) is 2.95. The summed E-state index contributed by atoms with van der Waals surface area (Å²) in [7, 11) is -2.80. The maximum Gasteiger partial charge on any atom is 0.246 e.